The zero-order valence-electron chi connectivity index (χ0n) is 12.8. The molecule has 0 aromatic carbocycles. The van der Waals surface area contributed by atoms with Crippen LogP contribution in [-0.2, 0) is 18.3 Å². The molecule has 5 N–H and O–H groups in total. The Labute approximate surface area is 146 Å². The van der Waals surface area contributed by atoms with E-state index in [2.05, 4.69) is 32.1 Å². The molecule has 0 saturated heterocycles. The van der Waals surface area contributed by atoms with Crippen LogP contribution in [0, 0.1) is 0 Å². The third kappa shape index (κ3) is 2.12. The predicted molar refractivity (Wildman–Crippen MR) is 92.3 cm³/mol. The standard InChI is InChI=1S/C15H16N6OS2/c16-5-4-15(14-18-20-21-19-14)11-8(3-6-23-11)1-2-9-7-10(13(17)22)24-12(9)15/h3,6-7H,1-2,4-5,16H2,(H2,17,22)(H,18,19,20,21). The number of carbonyl (C=O) groups excluding carboxylic acids is 1. The molecule has 9 heteroatoms. The molecular formula is C15H16N6OS2. The fourth-order valence-corrected chi connectivity index (χ4v) is 6.01. The van der Waals surface area contributed by atoms with E-state index >= 15 is 0 Å². The summed E-state index contributed by atoms with van der Waals surface area (Å²) in [6.45, 7) is 0.467. The molecule has 0 aliphatic heterocycles. The van der Waals surface area contributed by atoms with Crippen LogP contribution in [0.1, 0.15) is 42.8 Å². The molecule has 7 nitrogen and oxygen atoms in total. The van der Waals surface area contributed by atoms with Crippen molar-refractivity contribution in [2.45, 2.75) is 24.7 Å². The highest BCUT2D eigenvalue weighted by Gasteiger charge is 2.46. The van der Waals surface area contributed by atoms with Crippen LogP contribution < -0.4 is 11.5 Å². The second kappa shape index (κ2) is 5.76. The number of nitrogens with one attached hydrogen (secondary N) is 1. The van der Waals surface area contributed by atoms with E-state index in [4.69, 9.17) is 11.5 Å². The number of hydrogen-bond acceptors (Lipinski definition) is 7. The maximum atomic E-state index is 11.7. The zero-order valence-corrected chi connectivity index (χ0v) is 14.4. The number of rotatable bonds is 4. The number of fused-ring (bicyclic) bond motifs is 2. The minimum atomic E-state index is -0.574. The normalized spacial score (nSPS) is 19.5. The molecule has 0 fully saturated rings. The first-order chi connectivity index (χ1) is 11.7. The number of amides is 1. The molecule has 3 aromatic heterocycles. The number of hydrogen-bond donors (Lipinski definition) is 3. The van der Waals surface area contributed by atoms with E-state index in [1.54, 1.807) is 11.3 Å². The lowest BCUT2D eigenvalue weighted by molar-refractivity contribution is 0.100. The Bertz CT molecular complexity index is 884. The minimum Gasteiger partial charge on any atom is -0.365 e. The average molecular weight is 360 g/mol. The number of H-pyrrole nitrogens is 1. The van der Waals surface area contributed by atoms with Crippen LogP contribution in [0.2, 0.25) is 0 Å². The van der Waals surface area contributed by atoms with Gasteiger partial charge in [0.05, 0.1) is 4.88 Å². The molecule has 1 amide bonds. The van der Waals surface area contributed by atoms with Gasteiger partial charge in [0.15, 0.2) is 5.82 Å². The number of aromatic nitrogens is 4. The van der Waals surface area contributed by atoms with E-state index in [1.807, 2.05) is 6.07 Å². The molecule has 0 bridgehead atoms. The molecule has 0 spiro atoms. The molecule has 1 aliphatic rings. The van der Waals surface area contributed by atoms with Gasteiger partial charge in [-0.15, -0.1) is 32.9 Å². The Hall–Kier alpha value is -2.10. The number of aryl methyl sites for hydroxylation is 2. The van der Waals surface area contributed by atoms with Gasteiger partial charge in [-0.2, -0.15) is 5.21 Å². The topological polar surface area (TPSA) is 124 Å². The Morgan fingerprint density at radius 3 is 2.88 bits per heavy atom. The lowest BCUT2D eigenvalue weighted by Crippen LogP contribution is -2.32. The summed E-state index contributed by atoms with van der Waals surface area (Å²) in [5, 5.41) is 17.0. The third-order valence-electron chi connectivity index (χ3n) is 4.48. The molecule has 3 aromatic rings. The highest BCUT2D eigenvalue weighted by atomic mass is 32.1. The largest absolute Gasteiger partial charge is 0.365 e. The number of nitrogens with two attached hydrogens (primary N) is 2. The molecule has 1 aliphatic carbocycles. The number of thiophene rings is 2. The Morgan fingerprint density at radius 1 is 1.33 bits per heavy atom. The average Bonchev–Trinajstić information content (AvgIpc) is 3.30. The molecule has 3 heterocycles. The summed E-state index contributed by atoms with van der Waals surface area (Å²) < 4.78 is 0. The van der Waals surface area contributed by atoms with Crippen molar-refractivity contribution in [2.24, 2.45) is 11.5 Å². The molecule has 4 rings (SSSR count). The highest BCUT2D eigenvalue weighted by molar-refractivity contribution is 7.15. The fraction of sp³-hybridized carbons (Fsp3) is 0.333. The van der Waals surface area contributed by atoms with Gasteiger partial charge in [-0.25, -0.2) is 0 Å². The van der Waals surface area contributed by atoms with Gasteiger partial charge in [0, 0.05) is 9.75 Å². The van der Waals surface area contributed by atoms with Gasteiger partial charge in [0.2, 0.25) is 0 Å². The SMILES string of the molecule is NCCC1(c2nn[nH]n2)c2sccc2CCc2cc(C(N)=O)sc21. The van der Waals surface area contributed by atoms with Gasteiger partial charge < -0.3 is 11.5 Å². The maximum absolute atomic E-state index is 11.7. The van der Waals surface area contributed by atoms with Crippen molar-refractivity contribution in [1.29, 1.82) is 0 Å². The van der Waals surface area contributed by atoms with Crippen molar-refractivity contribution in [3.05, 3.63) is 49.1 Å². The lowest BCUT2D eigenvalue weighted by atomic mass is 9.78. The van der Waals surface area contributed by atoms with E-state index < -0.39 is 11.3 Å². The van der Waals surface area contributed by atoms with E-state index in [0.717, 1.165) is 23.3 Å². The summed E-state index contributed by atoms with van der Waals surface area (Å²) in [6, 6.07) is 4.06. The first-order valence-corrected chi connectivity index (χ1v) is 9.30. The summed E-state index contributed by atoms with van der Waals surface area (Å²) in [5.41, 5.74) is 13.3. The minimum absolute atomic E-state index is 0.408. The molecule has 1 unspecified atom stereocenters. The van der Waals surface area contributed by atoms with Gasteiger partial charge in [0.25, 0.3) is 5.91 Å². The lowest BCUT2D eigenvalue weighted by Gasteiger charge is -2.29. The molecule has 0 saturated carbocycles. The number of aromatic amines is 1. The third-order valence-corrected chi connectivity index (χ3v) is 6.96. The van der Waals surface area contributed by atoms with E-state index in [9.17, 15) is 4.79 Å². The summed E-state index contributed by atoms with van der Waals surface area (Å²) in [6.07, 6.45) is 2.41. The molecule has 1 atom stereocenters. The van der Waals surface area contributed by atoms with Crippen LogP contribution in [0.3, 0.4) is 0 Å². The van der Waals surface area contributed by atoms with Gasteiger partial charge >= 0.3 is 0 Å². The van der Waals surface area contributed by atoms with Crippen LogP contribution in [0.4, 0.5) is 0 Å². The van der Waals surface area contributed by atoms with Gasteiger partial charge in [-0.05, 0) is 54.4 Å². The second-order valence-electron chi connectivity index (χ2n) is 5.78. The first kappa shape index (κ1) is 15.4. The number of nitrogens with zero attached hydrogens (tertiary/aromatic N) is 3. The van der Waals surface area contributed by atoms with Crippen molar-refractivity contribution in [1.82, 2.24) is 20.6 Å². The van der Waals surface area contributed by atoms with Crippen LogP contribution in [0.25, 0.3) is 0 Å². The zero-order chi connectivity index (χ0) is 16.7. The second-order valence-corrected chi connectivity index (χ2v) is 7.75. The summed E-state index contributed by atoms with van der Waals surface area (Å²) in [5.74, 6) is 0.187. The molecule has 24 heavy (non-hydrogen) atoms. The van der Waals surface area contributed by atoms with Crippen molar-refractivity contribution in [2.75, 3.05) is 6.54 Å². The molecular weight excluding hydrogens is 344 g/mol. The number of carbonyl (C=O) groups is 1. The van der Waals surface area contributed by atoms with Gasteiger partial charge in [-0.3, -0.25) is 4.79 Å². The van der Waals surface area contributed by atoms with Crippen LogP contribution in [-0.4, -0.2) is 33.1 Å². The quantitative estimate of drug-likeness (QED) is 0.645. The van der Waals surface area contributed by atoms with E-state index in [0.29, 0.717) is 23.7 Å². The number of tetrazole rings is 1. The Morgan fingerprint density at radius 2 is 2.17 bits per heavy atom. The monoisotopic (exact) mass is 360 g/mol. The Balaban J connectivity index is 2.05. The van der Waals surface area contributed by atoms with Crippen LogP contribution >= 0.6 is 22.7 Å². The van der Waals surface area contributed by atoms with Gasteiger partial charge in [0.1, 0.15) is 5.41 Å². The van der Waals surface area contributed by atoms with Crippen LogP contribution in [0.5, 0.6) is 0 Å². The van der Waals surface area contributed by atoms with Crippen molar-refractivity contribution < 1.29 is 4.79 Å². The van der Waals surface area contributed by atoms with Crippen molar-refractivity contribution in [3.8, 4) is 0 Å². The van der Waals surface area contributed by atoms with Gasteiger partial charge in [-0.1, -0.05) is 5.21 Å². The van der Waals surface area contributed by atoms with Crippen LogP contribution in [0.15, 0.2) is 17.5 Å². The smallest absolute Gasteiger partial charge is 0.258 e. The number of primary amides is 1. The van der Waals surface area contributed by atoms with Crippen molar-refractivity contribution in [3.63, 3.8) is 0 Å². The molecule has 0 radical (unpaired) electrons. The first-order valence-electron chi connectivity index (χ1n) is 7.60. The van der Waals surface area contributed by atoms with E-state index in [1.165, 1.54) is 21.8 Å². The maximum Gasteiger partial charge on any atom is 0.258 e. The molecule has 124 valence electrons. The summed E-state index contributed by atoms with van der Waals surface area (Å²) >= 11 is 3.10. The predicted octanol–water partition coefficient (Wildman–Crippen LogP) is 1.20. The summed E-state index contributed by atoms with van der Waals surface area (Å²) in [4.78, 5) is 14.5. The Kier molecular flexibility index (Phi) is 3.70. The highest BCUT2D eigenvalue weighted by Crippen LogP contribution is 2.50. The summed E-state index contributed by atoms with van der Waals surface area (Å²) in [7, 11) is 0. The fourth-order valence-electron chi connectivity index (χ4n) is 3.48. The van der Waals surface area contributed by atoms with Crippen molar-refractivity contribution >= 4 is 28.6 Å². The van der Waals surface area contributed by atoms with E-state index in [-0.39, 0.29) is 0 Å².